The molecule has 2 rings (SSSR count). The van der Waals surface area contributed by atoms with Crippen molar-refractivity contribution >= 4 is 27.1 Å². The first-order valence-electron chi connectivity index (χ1n) is 5.51. The molecule has 0 radical (unpaired) electrons. The Morgan fingerprint density at radius 1 is 1.10 bits per heavy atom. The zero-order valence-corrected chi connectivity index (χ0v) is 11.7. The van der Waals surface area contributed by atoms with Crippen molar-refractivity contribution in [2.24, 2.45) is 0 Å². The van der Waals surface area contributed by atoms with E-state index < -0.39 is 32.1 Å². The van der Waals surface area contributed by atoms with Gasteiger partial charge in [0.1, 0.15) is 16.5 Å². The maximum Gasteiger partial charge on any atom is 0.185 e. The smallest absolute Gasteiger partial charge is 0.185 e. The van der Waals surface area contributed by atoms with E-state index in [0.29, 0.717) is 11.8 Å². The van der Waals surface area contributed by atoms with Crippen LogP contribution in [0.3, 0.4) is 0 Å². The van der Waals surface area contributed by atoms with Crippen molar-refractivity contribution in [3.63, 3.8) is 0 Å². The average molecular weight is 318 g/mol. The second-order valence-electron chi connectivity index (χ2n) is 4.18. The van der Waals surface area contributed by atoms with Gasteiger partial charge < -0.3 is 5.73 Å². The van der Waals surface area contributed by atoms with E-state index in [4.69, 9.17) is 17.3 Å². The summed E-state index contributed by atoms with van der Waals surface area (Å²) in [5, 5.41) is 0.213. The van der Waals surface area contributed by atoms with E-state index in [2.05, 4.69) is 0 Å². The molecule has 0 spiro atoms. The molecular weight excluding hydrogens is 308 g/mol. The quantitative estimate of drug-likeness (QED) is 0.698. The lowest BCUT2D eigenvalue weighted by Gasteiger charge is -2.08. The Balaban J connectivity index is 2.43. The van der Waals surface area contributed by atoms with Crippen LogP contribution in [0, 0.1) is 11.6 Å². The third kappa shape index (κ3) is 3.08. The van der Waals surface area contributed by atoms with Crippen LogP contribution in [0.15, 0.2) is 41.3 Å². The molecule has 0 aromatic heterocycles. The van der Waals surface area contributed by atoms with E-state index in [-0.39, 0.29) is 10.6 Å². The van der Waals surface area contributed by atoms with Crippen LogP contribution in [-0.2, 0) is 15.6 Å². The molecule has 2 N–H and O–H groups in total. The van der Waals surface area contributed by atoms with Gasteiger partial charge in [-0.1, -0.05) is 11.6 Å². The van der Waals surface area contributed by atoms with Gasteiger partial charge in [-0.05, 0) is 35.9 Å². The zero-order valence-electron chi connectivity index (χ0n) is 10.1. The summed E-state index contributed by atoms with van der Waals surface area (Å²) in [4.78, 5) is -0.572. The number of hydrogen-bond acceptors (Lipinski definition) is 3. The lowest BCUT2D eigenvalue weighted by atomic mass is 10.2. The SMILES string of the molecule is Nc1ccc(Cl)c(CS(=O)(=O)c2ccc(F)cc2F)c1. The van der Waals surface area contributed by atoms with E-state index in [1.165, 1.54) is 18.2 Å². The molecule has 0 aliphatic carbocycles. The minimum atomic E-state index is -3.98. The molecule has 2 aromatic carbocycles. The first-order chi connectivity index (χ1) is 9.29. The number of rotatable bonds is 3. The molecule has 0 aliphatic heterocycles. The summed E-state index contributed by atoms with van der Waals surface area (Å²) in [6.45, 7) is 0. The van der Waals surface area contributed by atoms with Gasteiger partial charge in [0.05, 0.1) is 5.75 Å². The number of nitrogen functional groups attached to an aromatic ring is 1. The van der Waals surface area contributed by atoms with Gasteiger partial charge in [-0.2, -0.15) is 0 Å². The number of sulfone groups is 1. The summed E-state index contributed by atoms with van der Waals surface area (Å²) >= 11 is 5.88. The summed E-state index contributed by atoms with van der Waals surface area (Å²) in [5.74, 6) is -2.49. The molecule has 0 atom stereocenters. The van der Waals surface area contributed by atoms with Crippen molar-refractivity contribution in [3.05, 3.63) is 58.6 Å². The largest absolute Gasteiger partial charge is 0.399 e. The molecule has 20 heavy (non-hydrogen) atoms. The Labute approximate surface area is 119 Å². The monoisotopic (exact) mass is 317 g/mol. The molecule has 0 saturated heterocycles. The zero-order chi connectivity index (χ0) is 14.9. The van der Waals surface area contributed by atoms with Crippen LogP contribution in [0.25, 0.3) is 0 Å². The maximum atomic E-state index is 13.6. The van der Waals surface area contributed by atoms with Gasteiger partial charge in [0.15, 0.2) is 9.84 Å². The van der Waals surface area contributed by atoms with Crippen molar-refractivity contribution in [1.82, 2.24) is 0 Å². The van der Waals surface area contributed by atoms with Gasteiger partial charge in [0.25, 0.3) is 0 Å². The second-order valence-corrected chi connectivity index (χ2v) is 6.55. The van der Waals surface area contributed by atoms with Crippen molar-refractivity contribution in [3.8, 4) is 0 Å². The highest BCUT2D eigenvalue weighted by molar-refractivity contribution is 7.90. The molecule has 0 aliphatic rings. The number of nitrogens with two attached hydrogens (primary N) is 1. The van der Waals surface area contributed by atoms with E-state index >= 15 is 0 Å². The minimum absolute atomic E-state index is 0.213. The third-order valence-electron chi connectivity index (χ3n) is 2.64. The lowest BCUT2D eigenvalue weighted by molar-refractivity contribution is 0.549. The fourth-order valence-corrected chi connectivity index (χ4v) is 3.41. The van der Waals surface area contributed by atoms with Crippen LogP contribution >= 0.6 is 11.6 Å². The molecular formula is C13H10ClF2NO2S. The summed E-state index contributed by atoms with van der Waals surface area (Å²) in [6, 6.07) is 6.69. The van der Waals surface area contributed by atoms with Crippen LogP contribution in [0.5, 0.6) is 0 Å². The van der Waals surface area contributed by atoms with Crippen LogP contribution in [0.2, 0.25) is 5.02 Å². The highest BCUT2D eigenvalue weighted by Crippen LogP contribution is 2.25. The number of hydrogen-bond donors (Lipinski definition) is 1. The van der Waals surface area contributed by atoms with Crippen molar-refractivity contribution in [2.75, 3.05) is 5.73 Å². The number of benzene rings is 2. The van der Waals surface area contributed by atoms with Gasteiger partial charge in [-0.15, -0.1) is 0 Å². The Hall–Kier alpha value is -1.66. The predicted molar refractivity (Wildman–Crippen MR) is 73.1 cm³/mol. The average Bonchev–Trinajstić information content (AvgIpc) is 2.33. The predicted octanol–water partition coefficient (Wildman–Crippen LogP) is 3.17. The van der Waals surface area contributed by atoms with Crippen molar-refractivity contribution < 1.29 is 17.2 Å². The standard InChI is InChI=1S/C13H10ClF2NO2S/c14-11-3-2-10(17)5-8(11)7-20(18,19)13-4-1-9(15)6-12(13)16/h1-6H,7,17H2. The van der Waals surface area contributed by atoms with Gasteiger partial charge in [-0.25, -0.2) is 17.2 Å². The molecule has 0 heterocycles. The van der Waals surface area contributed by atoms with E-state index in [0.717, 1.165) is 12.1 Å². The Morgan fingerprint density at radius 2 is 1.80 bits per heavy atom. The lowest BCUT2D eigenvalue weighted by Crippen LogP contribution is -2.08. The topological polar surface area (TPSA) is 60.2 Å². The summed E-state index contributed by atoms with van der Waals surface area (Å²) in [5.41, 5.74) is 6.16. The molecule has 0 amide bonds. The summed E-state index contributed by atoms with van der Waals surface area (Å²) < 4.78 is 50.6. The molecule has 3 nitrogen and oxygen atoms in total. The minimum Gasteiger partial charge on any atom is -0.399 e. The van der Waals surface area contributed by atoms with E-state index in [9.17, 15) is 17.2 Å². The Kier molecular flexibility index (Phi) is 3.96. The van der Waals surface area contributed by atoms with Gasteiger partial charge in [-0.3, -0.25) is 0 Å². The number of halogens is 3. The third-order valence-corrected chi connectivity index (χ3v) is 4.71. The first kappa shape index (κ1) is 14.7. The fraction of sp³-hybridized carbons (Fsp3) is 0.0769. The highest BCUT2D eigenvalue weighted by Gasteiger charge is 2.21. The number of anilines is 1. The fourth-order valence-electron chi connectivity index (χ4n) is 1.72. The van der Waals surface area contributed by atoms with Crippen LogP contribution in [-0.4, -0.2) is 8.42 Å². The molecule has 106 valence electrons. The maximum absolute atomic E-state index is 13.6. The molecule has 0 fully saturated rings. The molecule has 7 heteroatoms. The summed E-state index contributed by atoms with van der Waals surface area (Å²) in [6.07, 6.45) is 0. The molecule has 2 aromatic rings. The van der Waals surface area contributed by atoms with Gasteiger partial charge >= 0.3 is 0 Å². The van der Waals surface area contributed by atoms with E-state index in [1.807, 2.05) is 0 Å². The second kappa shape index (κ2) is 5.38. The molecule has 0 saturated carbocycles. The summed E-state index contributed by atoms with van der Waals surface area (Å²) in [7, 11) is -3.98. The Bertz CT molecular complexity index is 763. The van der Waals surface area contributed by atoms with Gasteiger partial charge in [0, 0.05) is 16.8 Å². The van der Waals surface area contributed by atoms with Gasteiger partial charge in [0.2, 0.25) is 0 Å². The highest BCUT2D eigenvalue weighted by atomic mass is 35.5. The first-order valence-corrected chi connectivity index (χ1v) is 7.54. The molecule has 0 unspecified atom stereocenters. The normalized spacial score (nSPS) is 11.6. The Morgan fingerprint density at radius 3 is 2.45 bits per heavy atom. The van der Waals surface area contributed by atoms with Crippen molar-refractivity contribution in [2.45, 2.75) is 10.6 Å². The van der Waals surface area contributed by atoms with Crippen LogP contribution < -0.4 is 5.73 Å². The van der Waals surface area contributed by atoms with Crippen molar-refractivity contribution in [1.29, 1.82) is 0 Å². The van der Waals surface area contributed by atoms with E-state index in [1.54, 1.807) is 0 Å². The van der Waals surface area contributed by atoms with Crippen LogP contribution in [0.4, 0.5) is 14.5 Å². The van der Waals surface area contributed by atoms with Crippen LogP contribution in [0.1, 0.15) is 5.56 Å². The molecule has 0 bridgehead atoms.